The maximum atomic E-state index is 9.56. The van der Waals surface area contributed by atoms with E-state index in [-0.39, 0.29) is 0 Å². The van der Waals surface area contributed by atoms with Crippen LogP contribution in [0.4, 0.5) is 0 Å². The van der Waals surface area contributed by atoms with Gasteiger partial charge in [-0.3, -0.25) is 0 Å². The van der Waals surface area contributed by atoms with Crippen molar-refractivity contribution in [3.05, 3.63) is 85.5 Å². The first kappa shape index (κ1) is 32.6. The molecule has 0 aliphatic carbocycles. The number of rotatable bonds is 16. The van der Waals surface area contributed by atoms with Crippen molar-refractivity contribution in [2.75, 3.05) is 0 Å². The molecule has 0 fully saturated rings. The standard InChI is InChI=1S/C37H54N2/c1-9-13-17-20-33(26-39-38)30(8)37(34-22-27(5)29(7)28(6)23-34)35-24-31(18-14-10-2)36(21-16-12-4)32(25-35)19-15-11-3/h22-25H,9-21H2,1-8H3. The van der Waals surface area contributed by atoms with Gasteiger partial charge in [-0.15, -0.1) is 4.79 Å². The Balaban J connectivity index is 2.94. The molecule has 0 aliphatic rings. The highest BCUT2D eigenvalue weighted by molar-refractivity contribution is 5.87. The zero-order valence-corrected chi connectivity index (χ0v) is 26.4. The van der Waals surface area contributed by atoms with Crippen LogP contribution < -0.4 is 0 Å². The van der Waals surface area contributed by atoms with E-state index in [1.54, 1.807) is 5.56 Å². The summed E-state index contributed by atoms with van der Waals surface area (Å²) >= 11 is 0. The topological polar surface area (TPSA) is 36.4 Å². The molecule has 2 aromatic rings. The fraction of sp³-hybridized carbons (Fsp3) is 0.568. The van der Waals surface area contributed by atoms with Gasteiger partial charge in [0.15, 0.2) is 0 Å². The quantitative estimate of drug-likeness (QED) is 0.0685. The fourth-order valence-corrected chi connectivity index (χ4v) is 5.67. The molecule has 0 radical (unpaired) electrons. The van der Waals surface area contributed by atoms with Crippen LogP contribution in [0, 0.1) is 20.8 Å². The zero-order chi connectivity index (χ0) is 28.8. The van der Waals surface area contributed by atoms with Crippen molar-refractivity contribution in [2.45, 2.75) is 139 Å². The largest absolute Gasteiger partial charge is 0.348 e. The van der Waals surface area contributed by atoms with Gasteiger partial charge in [0.05, 0.1) is 5.57 Å². The molecule has 0 spiro atoms. The van der Waals surface area contributed by atoms with Gasteiger partial charge >= 0.3 is 5.87 Å². The molecule has 0 bridgehead atoms. The highest BCUT2D eigenvalue weighted by Gasteiger charge is 2.19. The summed E-state index contributed by atoms with van der Waals surface area (Å²) in [4.78, 5) is 3.40. The average Bonchev–Trinajstić information content (AvgIpc) is 2.92. The Morgan fingerprint density at radius 1 is 0.692 bits per heavy atom. The van der Waals surface area contributed by atoms with E-state index in [2.05, 4.69) is 90.3 Å². The monoisotopic (exact) mass is 526 g/mol. The lowest BCUT2D eigenvalue weighted by molar-refractivity contribution is 0.00741. The first-order valence-corrected chi connectivity index (χ1v) is 15.7. The van der Waals surface area contributed by atoms with Crippen molar-refractivity contribution in [2.24, 2.45) is 0 Å². The summed E-state index contributed by atoms with van der Waals surface area (Å²) < 4.78 is 0. The van der Waals surface area contributed by atoms with Crippen molar-refractivity contribution in [3.63, 3.8) is 0 Å². The van der Waals surface area contributed by atoms with Crippen molar-refractivity contribution in [3.8, 4) is 0 Å². The molecule has 0 aliphatic heterocycles. The minimum atomic E-state index is 0.872. The molecule has 0 saturated heterocycles. The van der Waals surface area contributed by atoms with E-state index in [0.717, 1.165) is 44.1 Å². The SMILES string of the molecule is CCCCCC(=C=[N+]=[N-])C(C)=C(c1cc(C)c(C)c(C)c1)c1cc(CCCC)c(CCCC)c(CCCC)c1. The molecular formula is C37H54N2. The molecule has 2 heteroatoms. The van der Waals surface area contributed by atoms with Crippen LogP contribution in [-0.2, 0) is 19.3 Å². The third-order valence-electron chi connectivity index (χ3n) is 8.36. The van der Waals surface area contributed by atoms with Crippen LogP contribution in [0.25, 0.3) is 11.1 Å². The minimum Gasteiger partial charge on any atom is -0.348 e. The van der Waals surface area contributed by atoms with Gasteiger partial charge in [0.2, 0.25) is 0 Å². The second-order valence-corrected chi connectivity index (χ2v) is 11.5. The summed E-state index contributed by atoms with van der Waals surface area (Å²) in [6.45, 7) is 18.0. The van der Waals surface area contributed by atoms with E-state index >= 15 is 0 Å². The lowest BCUT2D eigenvalue weighted by atomic mass is 9.82. The molecule has 0 unspecified atom stereocenters. The fourth-order valence-electron chi connectivity index (χ4n) is 5.67. The summed E-state index contributed by atoms with van der Waals surface area (Å²) in [7, 11) is 0. The van der Waals surface area contributed by atoms with Gasteiger partial charge in [0, 0.05) is 0 Å². The second kappa shape index (κ2) is 17.1. The van der Waals surface area contributed by atoms with Crippen LogP contribution in [0.1, 0.15) is 143 Å². The third-order valence-corrected chi connectivity index (χ3v) is 8.36. The first-order valence-electron chi connectivity index (χ1n) is 15.7. The van der Waals surface area contributed by atoms with Crippen LogP contribution >= 0.6 is 0 Å². The van der Waals surface area contributed by atoms with Crippen molar-refractivity contribution < 1.29 is 4.79 Å². The number of nitrogens with zero attached hydrogens (tertiary/aromatic N) is 2. The van der Waals surface area contributed by atoms with E-state index in [9.17, 15) is 5.53 Å². The molecule has 0 heterocycles. The molecule has 212 valence electrons. The van der Waals surface area contributed by atoms with Gasteiger partial charge in [0.1, 0.15) is 0 Å². The Morgan fingerprint density at radius 3 is 1.67 bits per heavy atom. The predicted molar refractivity (Wildman–Crippen MR) is 171 cm³/mol. The number of hydrogen-bond donors (Lipinski definition) is 0. The lowest BCUT2D eigenvalue weighted by Crippen LogP contribution is -2.06. The Labute approximate surface area is 240 Å². The minimum absolute atomic E-state index is 0.872. The molecular weight excluding hydrogens is 472 g/mol. The molecule has 0 N–H and O–H groups in total. The third kappa shape index (κ3) is 9.20. The van der Waals surface area contributed by atoms with E-state index in [0.29, 0.717) is 0 Å². The second-order valence-electron chi connectivity index (χ2n) is 11.5. The van der Waals surface area contributed by atoms with Crippen LogP contribution in [0.5, 0.6) is 0 Å². The van der Waals surface area contributed by atoms with E-state index in [4.69, 9.17) is 0 Å². The van der Waals surface area contributed by atoms with Gasteiger partial charge in [-0.1, -0.05) is 84.1 Å². The summed E-state index contributed by atoms with van der Waals surface area (Å²) in [5.41, 5.74) is 24.2. The maximum absolute atomic E-state index is 9.56. The van der Waals surface area contributed by atoms with Crippen LogP contribution in [0.2, 0.25) is 0 Å². The predicted octanol–water partition coefficient (Wildman–Crippen LogP) is 10.9. The lowest BCUT2D eigenvalue weighted by Gasteiger charge is -2.22. The number of hydrogen-bond acceptors (Lipinski definition) is 0. The molecule has 2 rings (SSSR count). The molecule has 0 atom stereocenters. The average molecular weight is 527 g/mol. The number of allylic oxidation sites excluding steroid dienone is 2. The number of unbranched alkanes of at least 4 members (excludes halogenated alkanes) is 5. The summed E-state index contributed by atoms with van der Waals surface area (Å²) in [5, 5.41) is 0. The van der Waals surface area contributed by atoms with Crippen molar-refractivity contribution in [1.29, 1.82) is 0 Å². The van der Waals surface area contributed by atoms with Crippen LogP contribution in [0.15, 0.2) is 35.4 Å². The summed E-state index contributed by atoms with van der Waals surface area (Å²) in [6, 6.07) is 9.70. The van der Waals surface area contributed by atoms with E-state index in [1.807, 2.05) is 0 Å². The Morgan fingerprint density at radius 2 is 1.18 bits per heavy atom. The van der Waals surface area contributed by atoms with Crippen LogP contribution in [0.3, 0.4) is 0 Å². The van der Waals surface area contributed by atoms with Gasteiger partial charge in [-0.2, -0.15) is 0 Å². The highest BCUT2D eigenvalue weighted by atomic mass is 14.8. The molecule has 39 heavy (non-hydrogen) atoms. The summed E-state index contributed by atoms with van der Waals surface area (Å²) in [6.07, 6.45) is 15.0. The van der Waals surface area contributed by atoms with Gasteiger partial charge in [-0.25, -0.2) is 0 Å². The van der Waals surface area contributed by atoms with Crippen molar-refractivity contribution in [1.82, 2.24) is 0 Å². The molecule has 2 aromatic carbocycles. The number of benzene rings is 2. The Bertz CT molecular complexity index is 1150. The van der Waals surface area contributed by atoms with Crippen molar-refractivity contribution >= 4 is 11.4 Å². The van der Waals surface area contributed by atoms with Crippen LogP contribution in [-0.4, -0.2) is 10.7 Å². The first-order chi connectivity index (χ1) is 18.8. The summed E-state index contributed by atoms with van der Waals surface area (Å²) in [5.74, 6) is 2.98. The van der Waals surface area contributed by atoms with E-state index < -0.39 is 0 Å². The van der Waals surface area contributed by atoms with E-state index in [1.165, 1.54) is 95.0 Å². The van der Waals surface area contributed by atoms with Gasteiger partial charge in [0.25, 0.3) is 0 Å². The zero-order valence-electron chi connectivity index (χ0n) is 26.4. The number of aryl methyl sites for hydroxylation is 4. The molecule has 0 aromatic heterocycles. The normalized spacial score (nSPS) is 11.7. The molecule has 2 nitrogen and oxygen atoms in total. The Kier molecular flexibility index (Phi) is 14.3. The van der Waals surface area contributed by atoms with Gasteiger partial charge < -0.3 is 5.53 Å². The maximum Gasteiger partial charge on any atom is 0.303 e. The van der Waals surface area contributed by atoms with Gasteiger partial charge in [-0.05, 0) is 135 Å². The molecule has 0 saturated carbocycles. The Hall–Kier alpha value is -2.66. The highest BCUT2D eigenvalue weighted by Crippen LogP contribution is 2.36. The smallest absolute Gasteiger partial charge is 0.303 e. The molecule has 0 amide bonds.